The van der Waals surface area contributed by atoms with Crippen molar-refractivity contribution in [1.29, 1.82) is 0 Å². The van der Waals surface area contributed by atoms with Gasteiger partial charge >= 0.3 is 11.9 Å². The van der Waals surface area contributed by atoms with Crippen molar-refractivity contribution in [3.8, 4) is 0 Å². The molecule has 4 heteroatoms. The molecule has 1 heterocycles. The average molecular weight is 200 g/mol. The lowest BCUT2D eigenvalue weighted by molar-refractivity contribution is -0.154. The standard InChI is InChI=1S/C10H16O4/c1-6-4-8(3)14-10(12)7(2)5-13-9(6)11/h6-8H,4-5H2,1-3H3/t6-,7+,8+/m1/s1. The van der Waals surface area contributed by atoms with E-state index in [1.165, 1.54) is 0 Å². The maximum Gasteiger partial charge on any atom is 0.312 e. The lowest BCUT2D eigenvalue weighted by Crippen LogP contribution is -2.22. The van der Waals surface area contributed by atoms with E-state index in [4.69, 9.17) is 9.47 Å². The van der Waals surface area contributed by atoms with E-state index in [-0.39, 0.29) is 36.5 Å². The van der Waals surface area contributed by atoms with Gasteiger partial charge in [-0.1, -0.05) is 6.92 Å². The van der Waals surface area contributed by atoms with Crippen LogP contribution in [0.2, 0.25) is 0 Å². The first-order chi connectivity index (χ1) is 6.50. The summed E-state index contributed by atoms with van der Waals surface area (Å²) in [5.74, 6) is -1.11. The molecule has 1 aliphatic rings. The van der Waals surface area contributed by atoms with Crippen LogP contribution in [0.1, 0.15) is 27.2 Å². The molecule has 0 aliphatic carbocycles. The van der Waals surface area contributed by atoms with Crippen molar-refractivity contribution in [2.75, 3.05) is 6.61 Å². The number of rotatable bonds is 0. The molecule has 1 fully saturated rings. The van der Waals surface area contributed by atoms with E-state index >= 15 is 0 Å². The fourth-order valence-electron chi connectivity index (χ4n) is 1.37. The van der Waals surface area contributed by atoms with Crippen molar-refractivity contribution < 1.29 is 19.1 Å². The zero-order valence-electron chi connectivity index (χ0n) is 8.78. The summed E-state index contributed by atoms with van der Waals surface area (Å²) in [7, 11) is 0. The second-order valence-corrected chi connectivity index (χ2v) is 3.92. The summed E-state index contributed by atoms with van der Waals surface area (Å²) in [5.41, 5.74) is 0. The lowest BCUT2D eigenvalue weighted by Gasteiger charge is -2.14. The number of carbonyl (C=O) groups is 2. The van der Waals surface area contributed by atoms with Crippen LogP contribution in [0.5, 0.6) is 0 Å². The summed E-state index contributed by atoms with van der Waals surface area (Å²) in [4.78, 5) is 22.7. The molecule has 0 radical (unpaired) electrons. The average Bonchev–Trinajstić information content (AvgIpc) is 2.14. The monoisotopic (exact) mass is 200 g/mol. The van der Waals surface area contributed by atoms with Gasteiger partial charge in [0.2, 0.25) is 0 Å². The molecule has 1 aliphatic heterocycles. The predicted octanol–water partition coefficient (Wildman–Crippen LogP) is 1.14. The van der Waals surface area contributed by atoms with Crippen molar-refractivity contribution in [3.63, 3.8) is 0 Å². The molecule has 0 bridgehead atoms. The Kier molecular flexibility index (Phi) is 3.49. The molecule has 0 spiro atoms. The Morgan fingerprint density at radius 1 is 1.07 bits per heavy atom. The third-order valence-corrected chi connectivity index (χ3v) is 2.28. The normalized spacial score (nSPS) is 34.9. The van der Waals surface area contributed by atoms with Crippen LogP contribution >= 0.6 is 0 Å². The largest absolute Gasteiger partial charge is 0.465 e. The molecule has 0 saturated carbocycles. The topological polar surface area (TPSA) is 52.6 Å². The van der Waals surface area contributed by atoms with Gasteiger partial charge in [-0.2, -0.15) is 0 Å². The van der Waals surface area contributed by atoms with Crippen molar-refractivity contribution in [2.24, 2.45) is 11.8 Å². The summed E-state index contributed by atoms with van der Waals surface area (Å²) in [5, 5.41) is 0. The van der Waals surface area contributed by atoms with E-state index in [2.05, 4.69) is 0 Å². The second kappa shape index (κ2) is 4.44. The van der Waals surface area contributed by atoms with Crippen LogP contribution in [0.25, 0.3) is 0 Å². The Morgan fingerprint density at radius 2 is 1.71 bits per heavy atom. The minimum atomic E-state index is -0.369. The van der Waals surface area contributed by atoms with Gasteiger partial charge in [0, 0.05) is 0 Å². The Hall–Kier alpha value is -1.06. The van der Waals surface area contributed by atoms with E-state index in [9.17, 15) is 9.59 Å². The first-order valence-corrected chi connectivity index (χ1v) is 4.88. The van der Waals surface area contributed by atoms with Crippen molar-refractivity contribution >= 4 is 11.9 Å². The van der Waals surface area contributed by atoms with Gasteiger partial charge in [-0.05, 0) is 20.3 Å². The van der Waals surface area contributed by atoms with Crippen LogP contribution in [0.3, 0.4) is 0 Å². The molecule has 1 saturated heterocycles. The highest BCUT2D eigenvalue weighted by Gasteiger charge is 2.26. The fraction of sp³-hybridized carbons (Fsp3) is 0.800. The highest BCUT2D eigenvalue weighted by molar-refractivity contribution is 5.75. The van der Waals surface area contributed by atoms with E-state index in [0.29, 0.717) is 6.42 Å². The predicted molar refractivity (Wildman–Crippen MR) is 49.5 cm³/mol. The van der Waals surface area contributed by atoms with Crippen molar-refractivity contribution in [2.45, 2.75) is 33.3 Å². The molecule has 0 aromatic rings. The van der Waals surface area contributed by atoms with Gasteiger partial charge in [0.1, 0.15) is 6.61 Å². The number of esters is 2. The van der Waals surface area contributed by atoms with Gasteiger partial charge in [0.15, 0.2) is 0 Å². The Morgan fingerprint density at radius 3 is 2.36 bits per heavy atom. The van der Waals surface area contributed by atoms with Crippen LogP contribution in [0.4, 0.5) is 0 Å². The molecule has 0 N–H and O–H groups in total. The summed E-state index contributed by atoms with van der Waals surface area (Å²) < 4.78 is 10.1. The molecule has 0 unspecified atom stereocenters. The molecule has 14 heavy (non-hydrogen) atoms. The molecule has 1 rings (SSSR count). The lowest BCUT2D eigenvalue weighted by atomic mass is 10.1. The van der Waals surface area contributed by atoms with Crippen molar-refractivity contribution in [1.82, 2.24) is 0 Å². The number of cyclic esters (lactones) is 2. The highest BCUT2D eigenvalue weighted by Crippen LogP contribution is 2.15. The number of carbonyl (C=O) groups excluding carboxylic acids is 2. The van der Waals surface area contributed by atoms with Crippen LogP contribution in [0.15, 0.2) is 0 Å². The molecule has 4 nitrogen and oxygen atoms in total. The maximum atomic E-state index is 11.3. The minimum Gasteiger partial charge on any atom is -0.465 e. The zero-order valence-corrected chi connectivity index (χ0v) is 8.78. The van der Waals surface area contributed by atoms with Gasteiger partial charge in [0.25, 0.3) is 0 Å². The second-order valence-electron chi connectivity index (χ2n) is 3.92. The molecular weight excluding hydrogens is 184 g/mol. The Balaban J connectivity index is 2.69. The SMILES string of the molecule is C[C@@H]1C[C@H](C)OC(=O)[C@@H](C)COC1=O. The summed E-state index contributed by atoms with van der Waals surface area (Å²) in [6.07, 6.45) is 0.308. The molecule has 0 amide bonds. The van der Waals surface area contributed by atoms with E-state index in [1.54, 1.807) is 20.8 Å². The molecule has 80 valence electrons. The molecule has 0 aromatic heterocycles. The summed E-state index contributed by atoms with van der Waals surface area (Å²) in [6, 6.07) is 0. The van der Waals surface area contributed by atoms with E-state index < -0.39 is 0 Å². The third kappa shape index (κ3) is 2.72. The van der Waals surface area contributed by atoms with Crippen LogP contribution < -0.4 is 0 Å². The number of hydrogen-bond acceptors (Lipinski definition) is 4. The minimum absolute atomic E-state index is 0.120. The number of hydrogen-bond donors (Lipinski definition) is 0. The zero-order chi connectivity index (χ0) is 10.7. The first-order valence-electron chi connectivity index (χ1n) is 4.88. The maximum absolute atomic E-state index is 11.3. The number of ether oxygens (including phenoxy) is 2. The first kappa shape index (κ1) is 11.0. The van der Waals surface area contributed by atoms with Gasteiger partial charge < -0.3 is 9.47 Å². The molecule has 0 aromatic carbocycles. The van der Waals surface area contributed by atoms with Gasteiger partial charge in [-0.3, -0.25) is 9.59 Å². The van der Waals surface area contributed by atoms with Crippen LogP contribution in [0, 0.1) is 11.8 Å². The van der Waals surface area contributed by atoms with Crippen molar-refractivity contribution in [3.05, 3.63) is 0 Å². The van der Waals surface area contributed by atoms with Gasteiger partial charge in [-0.25, -0.2) is 0 Å². The van der Waals surface area contributed by atoms with E-state index in [0.717, 1.165) is 0 Å². The fourth-order valence-corrected chi connectivity index (χ4v) is 1.37. The quantitative estimate of drug-likeness (QED) is 0.550. The van der Waals surface area contributed by atoms with Crippen LogP contribution in [-0.4, -0.2) is 24.6 Å². The summed E-state index contributed by atoms with van der Waals surface area (Å²) >= 11 is 0. The van der Waals surface area contributed by atoms with E-state index in [1.807, 2.05) is 0 Å². The Bertz CT molecular complexity index is 236. The van der Waals surface area contributed by atoms with Crippen LogP contribution in [-0.2, 0) is 19.1 Å². The summed E-state index contributed by atoms with van der Waals surface area (Å²) in [6.45, 7) is 5.38. The highest BCUT2D eigenvalue weighted by atomic mass is 16.6. The Labute approximate surface area is 83.6 Å². The van der Waals surface area contributed by atoms with Gasteiger partial charge in [0.05, 0.1) is 17.9 Å². The third-order valence-electron chi connectivity index (χ3n) is 2.28. The smallest absolute Gasteiger partial charge is 0.312 e. The van der Waals surface area contributed by atoms with Gasteiger partial charge in [-0.15, -0.1) is 0 Å². The molecular formula is C10H16O4. The molecule has 3 atom stereocenters.